The van der Waals surface area contributed by atoms with Crippen LogP contribution in [0.25, 0.3) is 23.3 Å². The highest BCUT2D eigenvalue weighted by Gasteiger charge is 2.39. The van der Waals surface area contributed by atoms with Gasteiger partial charge in [-0.1, -0.05) is 104 Å². The maximum absolute atomic E-state index is 6.85. The van der Waals surface area contributed by atoms with Crippen LogP contribution in [0.4, 0.5) is 0 Å². The normalized spacial score (nSPS) is 27.4. The van der Waals surface area contributed by atoms with E-state index in [1.807, 2.05) is 0 Å². The van der Waals surface area contributed by atoms with Crippen LogP contribution in [0.5, 0.6) is 0 Å². The molecule has 0 bridgehead atoms. The van der Waals surface area contributed by atoms with Crippen LogP contribution in [0.1, 0.15) is 44.2 Å². The third-order valence-electron chi connectivity index (χ3n) is 8.52. The molecule has 0 amide bonds. The third-order valence-corrected chi connectivity index (χ3v) is 9.51. The first-order valence-corrected chi connectivity index (χ1v) is 15.1. The molecular weight excluding hydrogens is 596 g/mol. The molecule has 4 atom stereocenters. The van der Waals surface area contributed by atoms with Gasteiger partial charge < -0.3 is 4.74 Å². The molecule has 0 saturated carbocycles. The van der Waals surface area contributed by atoms with Gasteiger partial charge in [-0.05, 0) is 101 Å². The highest BCUT2D eigenvalue weighted by molar-refractivity contribution is 9.10. The number of fused-ring (bicyclic) bond motifs is 5. The molecular formula is C35H30Br2O. The van der Waals surface area contributed by atoms with Crippen LogP contribution in [0, 0.1) is 11.8 Å². The van der Waals surface area contributed by atoms with Crippen molar-refractivity contribution >= 4 is 55.2 Å². The van der Waals surface area contributed by atoms with Crippen molar-refractivity contribution in [2.45, 2.75) is 45.3 Å². The molecule has 0 fully saturated rings. The molecule has 1 heterocycles. The van der Waals surface area contributed by atoms with Crippen molar-refractivity contribution in [3.63, 3.8) is 0 Å². The fraction of sp³-hybridized carbons (Fsp3) is 0.257. The van der Waals surface area contributed by atoms with Gasteiger partial charge in [-0.15, -0.1) is 0 Å². The van der Waals surface area contributed by atoms with Gasteiger partial charge in [-0.3, -0.25) is 0 Å². The number of ether oxygens (including phenoxy) is 1. The zero-order valence-corrected chi connectivity index (χ0v) is 24.8. The van der Waals surface area contributed by atoms with Crippen LogP contribution in [-0.4, -0.2) is 12.2 Å². The predicted octanol–water partition coefficient (Wildman–Crippen LogP) is 8.21. The molecule has 5 aliphatic rings. The van der Waals surface area contributed by atoms with Gasteiger partial charge >= 0.3 is 0 Å². The van der Waals surface area contributed by atoms with E-state index in [2.05, 4.69) is 131 Å². The summed E-state index contributed by atoms with van der Waals surface area (Å²) >= 11 is 7.50. The zero-order chi connectivity index (χ0) is 26.0. The zero-order valence-electron chi connectivity index (χ0n) is 21.7. The van der Waals surface area contributed by atoms with Crippen LogP contribution >= 0.6 is 31.9 Å². The lowest BCUT2D eigenvalue weighted by Crippen LogP contribution is -2.42. The van der Waals surface area contributed by atoms with E-state index in [1.165, 1.54) is 55.0 Å². The molecule has 0 spiro atoms. The second-order valence-corrected chi connectivity index (χ2v) is 13.0. The van der Waals surface area contributed by atoms with E-state index in [4.69, 9.17) is 4.74 Å². The van der Waals surface area contributed by atoms with E-state index < -0.39 is 0 Å². The number of benzene rings is 2. The average Bonchev–Trinajstić information content (AvgIpc) is 2.91. The molecule has 2 aromatic rings. The van der Waals surface area contributed by atoms with Gasteiger partial charge in [0.25, 0.3) is 0 Å². The van der Waals surface area contributed by atoms with Crippen molar-refractivity contribution in [1.82, 2.24) is 0 Å². The van der Waals surface area contributed by atoms with E-state index in [9.17, 15) is 0 Å². The number of hydrogen-bond acceptors (Lipinski definition) is 1. The summed E-state index contributed by atoms with van der Waals surface area (Å²) in [5, 5.41) is 2.61. The highest BCUT2D eigenvalue weighted by Crippen LogP contribution is 2.48. The number of hydrogen-bond donors (Lipinski definition) is 0. The Bertz CT molecular complexity index is 1680. The summed E-state index contributed by atoms with van der Waals surface area (Å²) in [7, 11) is 0. The van der Waals surface area contributed by atoms with Crippen LogP contribution < -0.4 is 10.4 Å². The first-order chi connectivity index (χ1) is 18.4. The Balaban J connectivity index is 1.42. The number of halogens is 2. The van der Waals surface area contributed by atoms with Crippen molar-refractivity contribution in [3.05, 3.63) is 126 Å². The molecule has 38 heavy (non-hydrogen) atoms. The quantitative estimate of drug-likeness (QED) is 0.327. The summed E-state index contributed by atoms with van der Waals surface area (Å²) < 4.78 is 9.07. The first-order valence-electron chi connectivity index (χ1n) is 13.6. The predicted molar refractivity (Wildman–Crippen MR) is 166 cm³/mol. The van der Waals surface area contributed by atoms with Gasteiger partial charge in [-0.2, -0.15) is 0 Å². The fourth-order valence-corrected chi connectivity index (χ4v) is 7.67. The van der Waals surface area contributed by atoms with Gasteiger partial charge in [0, 0.05) is 20.8 Å². The molecule has 0 radical (unpaired) electrons. The fourth-order valence-electron chi connectivity index (χ4n) is 6.95. The summed E-state index contributed by atoms with van der Waals surface area (Å²) in [6, 6.07) is 13.3. The van der Waals surface area contributed by atoms with E-state index in [1.54, 1.807) is 0 Å². The number of rotatable bonds is 2. The van der Waals surface area contributed by atoms with Gasteiger partial charge in [0.15, 0.2) is 0 Å². The van der Waals surface area contributed by atoms with Crippen LogP contribution in [-0.2, 0) is 4.74 Å². The minimum Gasteiger partial charge on any atom is -0.361 e. The van der Waals surface area contributed by atoms with E-state index >= 15 is 0 Å². The Morgan fingerprint density at radius 2 is 1.66 bits per heavy atom. The smallest absolute Gasteiger partial charge is 0.103 e. The second kappa shape index (κ2) is 9.62. The van der Waals surface area contributed by atoms with Crippen LogP contribution in [0.3, 0.4) is 0 Å². The Labute approximate surface area is 241 Å². The molecule has 4 aliphatic carbocycles. The molecule has 1 aliphatic heterocycles. The van der Waals surface area contributed by atoms with Gasteiger partial charge in [0.05, 0.1) is 6.10 Å². The number of allylic oxidation sites excluding steroid dienone is 8. The maximum Gasteiger partial charge on any atom is 0.103 e. The summed E-state index contributed by atoms with van der Waals surface area (Å²) in [5.74, 6) is 0.791. The SMILES string of the molecule is CC1=CC(C2=CCC(C3=C4c5cc(Br)ccc5C=CC4OC4CC=c5ccc(Br)cc5=C34)C=C2)CC(C)=C1. The van der Waals surface area contributed by atoms with E-state index in [0.29, 0.717) is 11.8 Å². The Kier molecular flexibility index (Phi) is 6.22. The van der Waals surface area contributed by atoms with E-state index in [0.717, 1.165) is 28.2 Å². The maximum atomic E-state index is 6.85. The molecule has 4 unspecified atom stereocenters. The van der Waals surface area contributed by atoms with Gasteiger partial charge in [0.2, 0.25) is 0 Å². The summed E-state index contributed by atoms with van der Waals surface area (Å²) in [6.07, 6.45) is 22.1. The lowest BCUT2D eigenvalue weighted by atomic mass is 9.72. The molecule has 0 saturated heterocycles. The summed E-state index contributed by atoms with van der Waals surface area (Å²) in [5.41, 5.74) is 11.0. The van der Waals surface area contributed by atoms with Crippen molar-refractivity contribution in [2.75, 3.05) is 0 Å². The van der Waals surface area contributed by atoms with Crippen LogP contribution in [0.2, 0.25) is 0 Å². The minimum absolute atomic E-state index is 0.0295. The Morgan fingerprint density at radius 1 is 0.816 bits per heavy atom. The molecule has 7 rings (SSSR count). The minimum atomic E-state index is -0.0295. The van der Waals surface area contributed by atoms with Crippen molar-refractivity contribution in [3.8, 4) is 0 Å². The van der Waals surface area contributed by atoms with E-state index in [-0.39, 0.29) is 12.2 Å². The second-order valence-electron chi connectivity index (χ2n) is 11.2. The summed E-state index contributed by atoms with van der Waals surface area (Å²) in [6.45, 7) is 4.48. The van der Waals surface area contributed by atoms with Crippen molar-refractivity contribution in [2.24, 2.45) is 11.8 Å². The molecule has 2 aromatic carbocycles. The molecule has 190 valence electrons. The topological polar surface area (TPSA) is 9.23 Å². The van der Waals surface area contributed by atoms with Crippen molar-refractivity contribution < 1.29 is 4.74 Å². The molecule has 1 nitrogen and oxygen atoms in total. The standard InChI is InChI=1S/C35H30Br2O/c1-20-15-21(2)17-26(16-20)22-3-5-25(6-4-22)33-34-29-18-27(36)11-7-23(29)9-13-31(34)38-32-14-10-24-8-12-28(37)19-30(24)35(32)33/h3-5,7-13,15-16,18-19,25-26,31-32H,6,14,17H2,1-2H3. The highest BCUT2D eigenvalue weighted by atomic mass is 79.9. The van der Waals surface area contributed by atoms with Gasteiger partial charge in [0.1, 0.15) is 6.10 Å². The van der Waals surface area contributed by atoms with Gasteiger partial charge in [-0.25, -0.2) is 0 Å². The lowest BCUT2D eigenvalue weighted by molar-refractivity contribution is 0.0755. The van der Waals surface area contributed by atoms with Crippen LogP contribution in [0.15, 0.2) is 104 Å². The van der Waals surface area contributed by atoms with Crippen molar-refractivity contribution in [1.29, 1.82) is 0 Å². The first kappa shape index (κ1) is 24.6. The molecule has 3 heteroatoms. The molecule has 0 N–H and O–H groups in total. The average molecular weight is 626 g/mol. The lowest BCUT2D eigenvalue weighted by Gasteiger charge is -2.41. The monoisotopic (exact) mass is 624 g/mol. The Hall–Kier alpha value is -2.46. The molecule has 0 aromatic heterocycles. The summed E-state index contributed by atoms with van der Waals surface area (Å²) in [4.78, 5) is 0. The third kappa shape index (κ3) is 4.24. The Morgan fingerprint density at radius 3 is 2.47 bits per heavy atom. The largest absolute Gasteiger partial charge is 0.361 e.